The van der Waals surface area contributed by atoms with E-state index in [1.165, 1.54) is 9.91 Å². The molecule has 0 saturated heterocycles. The van der Waals surface area contributed by atoms with Gasteiger partial charge in [0.25, 0.3) is 0 Å². The van der Waals surface area contributed by atoms with Crippen LogP contribution >= 0.6 is 0 Å². The molecule has 0 aromatic heterocycles. The summed E-state index contributed by atoms with van der Waals surface area (Å²) in [6, 6.07) is 9.19. The molecular formula is C10H16N6. The van der Waals surface area contributed by atoms with Crippen molar-refractivity contribution >= 4 is 17.6 Å². The molecule has 0 heterocycles. The highest BCUT2D eigenvalue weighted by atomic mass is 15.5. The van der Waals surface area contributed by atoms with E-state index in [1.807, 2.05) is 30.3 Å². The van der Waals surface area contributed by atoms with Crippen molar-refractivity contribution in [1.29, 1.82) is 5.41 Å². The highest BCUT2D eigenvalue weighted by Gasteiger charge is 2.06. The lowest BCUT2D eigenvalue weighted by molar-refractivity contribution is 0.609. The van der Waals surface area contributed by atoms with Gasteiger partial charge in [-0.2, -0.15) is 4.99 Å². The number of benzene rings is 1. The van der Waals surface area contributed by atoms with Crippen molar-refractivity contribution in [3.8, 4) is 0 Å². The van der Waals surface area contributed by atoms with Gasteiger partial charge in [-0.3, -0.25) is 5.41 Å². The monoisotopic (exact) mass is 220 g/mol. The summed E-state index contributed by atoms with van der Waals surface area (Å²) < 4.78 is 0. The summed E-state index contributed by atoms with van der Waals surface area (Å²) in [5.41, 5.74) is 6.39. The SMILES string of the molecule is CN(C)C(=N)/N=C(\N)N(N)c1ccccc1. The van der Waals surface area contributed by atoms with Crippen LogP contribution in [-0.4, -0.2) is 30.9 Å². The molecule has 0 fully saturated rings. The first-order chi connectivity index (χ1) is 7.52. The summed E-state index contributed by atoms with van der Waals surface area (Å²) in [6.07, 6.45) is 0. The number of nitrogens with one attached hydrogen (secondary N) is 1. The molecule has 86 valence electrons. The number of anilines is 1. The van der Waals surface area contributed by atoms with Crippen LogP contribution in [0.3, 0.4) is 0 Å². The third-order valence-electron chi connectivity index (χ3n) is 1.93. The Morgan fingerprint density at radius 3 is 2.31 bits per heavy atom. The van der Waals surface area contributed by atoms with Gasteiger partial charge < -0.3 is 10.6 Å². The summed E-state index contributed by atoms with van der Waals surface area (Å²) in [4.78, 5) is 5.39. The molecule has 0 spiro atoms. The van der Waals surface area contributed by atoms with Crippen molar-refractivity contribution in [3.05, 3.63) is 30.3 Å². The molecule has 0 radical (unpaired) electrons. The van der Waals surface area contributed by atoms with Gasteiger partial charge in [0.15, 0.2) is 0 Å². The average Bonchev–Trinajstić information content (AvgIpc) is 2.28. The average molecular weight is 220 g/mol. The molecule has 0 unspecified atom stereocenters. The molecule has 0 aliphatic heterocycles. The van der Waals surface area contributed by atoms with Gasteiger partial charge >= 0.3 is 0 Å². The lowest BCUT2D eigenvalue weighted by atomic mass is 10.3. The van der Waals surface area contributed by atoms with Crippen LogP contribution in [0.25, 0.3) is 0 Å². The molecule has 0 aliphatic rings. The molecule has 0 saturated carbocycles. The normalized spacial score (nSPS) is 11.1. The number of rotatable bonds is 1. The molecular weight excluding hydrogens is 204 g/mol. The minimum Gasteiger partial charge on any atom is -0.368 e. The number of nitrogens with two attached hydrogens (primary N) is 2. The van der Waals surface area contributed by atoms with Crippen molar-refractivity contribution < 1.29 is 0 Å². The maximum atomic E-state index is 7.51. The van der Waals surface area contributed by atoms with Gasteiger partial charge in [-0.15, -0.1) is 0 Å². The number of aliphatic imine (C=N–C) groups is 1. The topological polar surface area (TPSA) is 94.7 Å². The smallest absolute Gasteiger partial charge is 0.220 e. The van der Waals surface area contributed by atoms with Crippen LogP contribution in [0.15, 0.2) is 35.3 Å². The molecule has 0 atom stereocenters. The number of hydrogen-bond acceptors (Lipinski definition) is 2. The molecule has 1 aromatic rings. The Bertz CT molecular complexity index is 384. The fraction of sp³-hybridized carbons (Fsp3) is 0.200. The third-order valence-corrected chi connectivity index (χ3v) is 1.93. The molecule has 6 nitrogen and oxygen atoms in total. The predicted octanol–water partition coefficient (Wildman–Crippen LogP) is 0.178. The van der Waals surface area contributed by atoms with Crippen molar-refractivity contribution in [2.24, 2.45) is 16.6 Å². The zero-order valence-corrected chi connectivity index (χ0v) is 9.38. The van der Waals surface area contributed by atoms with Crippen molar-refractivity contribution in [2.75, 3.05) is 19.1 Å². The second-order valence-electron chi connectivity index (χ2n) is 3.39. The zero-order chi connectivity index (χ0) is 12.1. The van der Waals surface area contributed by atoms with Gasteiger partial charge in [0.1, 0.15) is 0 Å². The summed E-state index contributed by atoms with van der Waals surface area (Å²) >= 11 is 0. The molecule has 0 aliphatic carbocycles. The molecule has 1 aromatic carbocycles. The Morgan fingerprint density at radius 2 is 1.81 bits per heavy atom. The van der Waals surface area contributed by atoms with E-state index in [-0.39, 0.29) is 11.9 Å². The van der Waals surface area contributed by atoms with Crippen molar-refractivity contribution in [3.63, 3.8) is 0 Å². The lowest BCUT2D eigenvalue weighted by Gasteiger charge is -2.18. The molecule has 0 bridgehead atoms. The Kier molecular flexibility index (Phi) is 3.84. The number of hydrogen-bond donors (Lipinski definition) is 3. The Labute approximate surface area is 94.6 Å². The highest BCUT2D eigenvalue weighted by molar-refractivity contribution is 6.00. The standard InChI is InChI=1S/C10H16N6/c1-15(2)9(11)14-10(12)16(13)8-6-4-3-5-7-8/h3-7H,13H2,1-2H3,(H3,11,12,14). The van der Waals surface area contributed by atoms with Crippen LogP contribution in [0.1, 0.15) is 0 Å². The third kappa shape index (κ3) is 2.96. The van der Waals surface area contributed by atoms with Crippen LogP contribution in [0.2, 0.25) is 0 Å². The van der Waals surface area contributed by atoms with E-state index in [4.69, 9.17) is 17.0 Å². The van der Waals surface area contributed by atoms with Gasteiger partial charge in [0, 0.05) is 14.1 Å². The second kappa shape index (κ2) is 5.13. The van der Waals surface area contributed by atoms with Crippen LogP contribution in [-0.2, 0) is 0 Å². The van der Waals surface area contributed by atoms with Crippen LogP contribution in [0.4, 0.5) is 5.69 Å². The fourth-order valence-corrected chi connectivity index (χ4v) is 0.983. The van der Waals surface area contributed by atoms with E-state index in [0.29, 0.717) is 0 Å². The van der Waals surface area contributed by atoms with E-state index in [1.54, 1.807) is 14.1 Å². The summed E-state index contributed by atoms with van der Waals surface area (Å²) in [6.45, 7) is 0. The quantitative estimate of drug-likeness (QED) is 0.272. The highest BCUT2D eigenvalue weighted by Crippen LogP contribution is 2.08. The molecule has 6 heteroatoms. The number of para-hydroxylation sites is 1. The molecule has 5 N–H and O–H groups in total. The van der Waals surface area contributed by atoms with Gasteiger partial charge in [-0.1, -0.05) is 18.2 Å². The summed E-state index contributed by atoms with van der Waals surface area (Å²) in [5, 5.41) is 8.74. The van der Waals surface area contributed by atoms with E-state index < -0.39 is 0 Å². The first-order valence-corrected chi connectivity index (χ1v) is 4.72. The Morgan fingerprint density at radius 1 is 1.25 bits per heavy atom. The lowest BCUT2D eigenvalue weighted by Crippen LogP contribution is -2.44. The van der Waals surface area contributed by atoms with E-state index in [2.05, 4.69) is 4.99 Å². The van der Waals surface area contributed by atoms with Crippen molar-refractivity contribution in [2.45, 2.75) is 0 Å². The first kappa shape index (κ1) is 12.0. The van der Waals surface area contributed by atoms with E-state index in [0.717, 1.165) is 5.69 Å². The number of guanidine groups is 2. The maximum absolute atomic E-state index is 7.51. The number of hydrazine groups is 1. The van der Waals surface area contributed by atoms with Crippen LogP contribution in [0, 0.1) is 5.41 Å². The van der Waals surface area contributed by atoms with Crippen molar-refractivity contribution in [1.82, 2.24) is 4.90 Å². The van der Waals surface area contributed by atoms with E-state index >= 15 is 0 Å². The number of nitrogens with zero attached hydrogens (tertiary/aromatic N) is 3. The minimum absolute atomic E-state index is 0.0453. The largest absolute Gasteiger partial charge is 0.368 e. The van der Waals surface area contributed by atoms with Crippen LogP contribution < -0.4 is 16.6 Å². The fourth-order valence-electron chi connectivity index (χ4n) is 0.983. The van der Waals surface area contributed by atoms with Gasteiger partial charge in [0.05, 0.1) is 5.69 Å². The molecule has 16 heavy (non-hydrogen) atoms. The molecule has 1 rings (SSSR count). The zero-order valence-electron chi connectivity index (χ0n) is 9.38. The maximum Gasteiger partial charge on any atom is 0.220 e. The van der Waals surface area contributed by atoms with Gasteiger partial charge in [0.2, 0.25) is 11.9 Å². The van der Waals surface area contributed by atoms with Gasteiger partial charge in [-0.25, -0.2) is 10.9 Å². The minimum atomic E-state index is 0.0453. The summed E-state index contributed by atoms with van der Waals surface area (Å²) in [5.74, 6) is 5.87. The second-order valence-corrected chi connectivity index (χ2v) is 3.39. The van der Waals surface area contributed by atoms with Gasteiger partial charge in [-0.05, 0) is 12.1 Å². The molecule has 0 amide bonds. The Hall–Kier alpha value is -2.08. The van der Waals surface area contributed by atoms with E-state index in [9.17, 15) is 0 Å². The predicted molar refractivity (Wildman–Crippen MR) is 66.1 cm³/mol. The first-order valence-electron chi connectivity index (χ1n) is 4.72. The Balaban J connectivity index is 2.82. The van der Waals surface area contributed by atoms with Crippen LogP contribution in [0.5, 0.6) is 0 Å². The summed E-state index contributed by atoms with van der Waals surface area (Å²) in [7, 11) is 3.42.